The molecule has 6 heteroatoms. The van der Waals surface area contributed by atoms with Crippen molar-refractivity contribution in [2.45, 2.75) is 45.1 Å². The van der Waals surface area contributed by atoms with Gasteiger partial charge in [-0.3, -0.25) is 9.59 Å². The van der Waals surface area contributed by atoms with Gasteiger partial charge in [0, 0.05) is 18.2 Å². The summed E-state index contributed by atoms with van der Waals surface area (Å²) in [5.41, 5.74) is 5.57. The highest BCUT2D eigenvalue weighted by Gasteiger charge is 2.17. The highest BCUT2D eigenvalue weighted by Crippen LogP contribution is 2.16. The summed E-state index contributed by atoms with van der Waals surface area (Å²) in [6.45, 7) is 5.07. The molecule has 0 radical (unpaired) electrons. The van der Waals surface area contributed by atoms with Crippen LogP contribution in [-0.4, -0.2) is 49.0 Å². The van der Waals surface area contributed by atoms with Crippen molar-refractivity contribution < 1.29 is 14.3 Å². The van der Waals surface area contributed by atoms with E-state index in [1.165, 1.54) is 25.8 Å². The number of benzene rings is 1. The van der Waals surface area contributed by atoms with Gasteiger partial charge in [-0.25, -0.2) is 0 Å². The number of hydrogen-bond donors (Lipinski definition) is 2. The topological polar surface area (TPSA) is 84.7 Å². The van der Waals surface area contributed by atoms with Crippen molar-refractivity contribution in [3.8, 4) is 5.75 Å². The highest BCUT2D eigenvalue weighted by atomic mass is 16.5. The molecular formula is C19H29N3O3. The molecule has 1 aromatic rings. The molecule has 1 saturated heterocycles. The number of nitrogens with two attached hydrogens (primary N) is 1. The molecule has 0 spiro atoms. The van der Waals surface area contributed by atoms with Crippen LogP contribution in [-0.2, 0) is 4.79 Å². The van der Waals surface area contributed by atoms with Crippen molar-refractivity contribution in [1.29, 1.82) is 0 Å². The van der Waals surface area contributed by atoms with E-state index in [1.54, 1.807) is 24.3 Å². The number of carbonyl (C=O) groups excluding carboxylic acids is 2. The van der Waals surface area contributed by atoms with E-state index in [-0.39, 0.29) is 12.5 Å². The first kappa shape index (κ1) is 19.2. The summed E-state index contributed by atoms with van der Waals surface area (Å²) in [4.78, 5) is 25.5. The Kier molecular flexibility index (Phi) is 7.73. The number of carbonyl (C=O) groups is 2. The van der Waals surface area contributed by atoms with E-state index in [9.17, 15) is 9.59 Å². The normalized spacial score (nSPS) is 17.9. The Morgan fingerprint density at radius 3 is 2.92 bits per heavy atom. The van der Waals surface area contributed by atoms with Crippen LogP contribution >= 0.6 is 0 Å². The molecule has 2 amide bonds. The minimum absolute atomic E-state index is 0.129. The average Bonchev–Trinajstić information content (AvgIpc) is 2.61. The lowest BCUT2D eigenvalue weighted by atomic mass is 10.0. The predicted molar refractivity (Wildman–Crippen MR) is 97.6 cm³/mol. The maximum atomic E-state index is 12.2. The molecule has 1 aliphatic heterocycles. The fraction of sp³-hybridized carbons (Fsp3) is 0.579. The van der Waals surface area contributed by atoms with Gasteiger partial charge in [0.05, 0.1) is 0 Å². The summed E-state index contributed by atoms with van der Waals surface area (Å²) in [5, 5.41) is 2.94. The van der Waals surface area contributed by atoms with E-state index in [0.717, 1.165) is 19.4 Å². The molecule has 0 bridgehead atoms. The van der Waals surface area contributed by atoms with Gasteiger partial charge in [-0.1, -0.05) is 12.5 Å². The number of ether oxygens (including phenoxy) is 1. The summed E-state index contributed by atoms with van der Waals surface area (Å²) in [6, 6.07) is 7.45. The molecular weight excluding hydrogens is 318 g/mol. The van der Waals surface area contributed by atoms with Crippen LogP contribution in [0.25, 0.3) is 0 Å². The summed E-state index contributed by atoms with van der Waals surface area (Å²) in [6.07, 6.45) is 6.00. The molecule has 0 aromatic heterocycles. The lowest BCUT2D eigenvalue weighted by molar-refractivity contribution is -0.119. The monoisotopic (exact) mass is 347 g/mol. The van der Waals surface area contributed by atoms with Crippen molar-refractivity contribution >= 4 is 11.8 Å². The molecule has 25 heavy (non-hydrogen) atoms. The number of rotatable bonds is 9. The van der Waals surface area contributed by atoms with E-state index >= 15 is 0 Å². The number of likely N-dealkylation sites (tertiary alicyclic amines) is 1. The minimum atomic E-state index is -0.544. The second-order valence-electron chi connectivity index (χ2n) is 6.63. The van der Waals surface area contributed by atoms with Gasteiger partial charge in [-0.2, -0.15) is 0 Å². The van der Waals surface area contributed by atoms with Gasteiger partial charge < -0.3 is 20.7 Å². The van der Waals surface area contributed by atoms with Gasteiger partial charge in [-0.15, -0.1) is 0 Å². The van der Waals surface area contributed by atoms with E-state index in [4.69, 9.17) is 10.5 Å². The maximum Gasteiger partial charge on any atom is 0.255 e. The van der Waals surface area contributed by atoms with E-state index in [2.05, 4.69) is 17.1 Å². The van der Waals surface area contributed by atoms with Gasteiger partial charge in [0.15, 0.2) is 6.61 Å². The molecule has 0 saturated carbocycles. The zero-order valence-corrected chi connectivity index (χ0v) is 15.0. The Balaban J connectivity index is 1.67. The van der Waals surface area contributed by atoms with Gasteiger partial charge in [0.1, 0.15) is 5.75 Å². The Morgan fingerprint density at radius 1 is 1.32 bits per heavy atom. The van der Waals surface area contributed by atoms with Crippen molar-refractivity contribution in [1.82, 2.24) is 10.2 Å². The van der Waals surface area contributed by atoms with Gasteiger partial charge in [-0.05, 0) is 63.9 Å². The largest absolute Gasteiger partial charge is 0.484 e. The van der Waals surface area contributed by atoms with Gasteiger partial charge >= 0.3 is 0 Å². The van der Waals surface area contributed by atoms with Crippen LogP contribution in [0.5, 0.6) is 5.75 Å². The Bertz CT molecular complexity index is 577. The fourth-order valence-corrected chi connectivity index (χ4v) is 3.12. The second kappa shape index (κ2) is 10.0. The Morgan fingerprint density at radius 2 is 2.16 bits per heavy atom. The standard InChI is InChI=1S/C19H29N3O3/c1-15-7-2-4-11-22(15)12-5-3-10-21-19(24)16-8-6-9-17(13-16)25-14-18(20)23/h6,8-9,13,15H,2-5,7,10-12,14H2,1H3,(H2,20,23)(H,21,24)/t15-/m0/s1. The third-order valence-electron chi connectivity index (χ3n) is 4.58. The molecule has 6 nitrogen and oxygen atoms in total. The Labute approximate surface area is 149 Å². The predicted octanol–water partition coefficient (Wildman–Crippen LogP) is 1.94. The molecule has 1 fully saturated rings. The molecule has 1 aromatic carbocycles. The van der Waals surface area contributed by atoms with Gasteiger partial charge in [0.2, 0.25) is 0 Å². The maximum absolute atomic E-state index is 12.2. The van der Waals surface area contributed by atoms with Crippen molar-refractivity contribution in [2.24, 2.45) is 5.73 Å². The van der Waals surface area contributed by atoms with Crippen LogP contribution in [0.3, 0.4) is 0 Å². The molecule has 138 valence electrons. The number of piperidine rings is 1. The second-order valence-corrected chi connectivity index (χ2v) is 6.63. The number of primary amides is 1. The van der Waals surface area contributed by atoms with Crippen LogP contribution < -0.4 is 15.8 Å². The number of unbranched alkanes of at least 4 members (excludes halogenated alkanes) is 1. The quantitative estimate of drug-likeness (QED) is 0.669. The fourth-order valence-electron chi connectivity index (χ4n) is 3.12. The average molecular weight is 347 g/mol. The lowest BCUT2D eigenvalue weighted by Crippen LogP contribution is -2.38. The summed E-state index contributed by atoms with van der Waals surface area (Å²) >= 11 is 0. The van der Waals surface area contributed by atoms with Crippen LogP contribution in [0.4, 0.5) is 0 Å². The number of nitrogens with one attached hydrogen (secondary N) is 1. The van der Waals surface area contributed by atoms with E-state index in [0.29, 0.717) is 23.9 Å². The molecule has 1 atom stereocenters. The number of hydrogen-bond acceptors (Lipinski definition) is 4. The third-order valence-corrected chi connectivity index (χ3v) is 4.58. The molecule has 2 rings (SSSR count). The van der Waals surface area contributed by atoms with E-state index < -0.39 is 5.91 Å². The molecule has 0 unspecified atom stereocenters. The number of amides is 2. The van der Waals surface area contributed by atoms with E-state index in [1.807, 2.05) is 0 Å². The van der Waals surface area contributed by atoms with Gasteiger partial charge in [0.25, 0.3) is 11.8 Å². The molecule has 3 N–H and O–H groups in total. The summed E-state index contributed by atoms with van der Waals surface area (Å²) in [5.74, 6) is -0.209. The van der Waals surface area contributed by atoms with Crippen LogP contribution in [0, 0.1) is 0 Å². The zero-order chi connectivity index (χ0) is 18.1. The minimum Gasteiger partial charge on any atom is -0.484 e. The molecule has 1 heterocycles. The zero-order valence-electron chi connectivity index (χ0n) is 15.0. The van der Waals surface area contributed by atoms with Crippen LogP contribution in [0.2, 0.25) is 0 Å². The van der Waals surface area contributed by atoms with Crippen molar-refractivity contribution in [3.05, 3.63) is 29.8 Å². The Hall–Kier alpha value is -2.08. The molecule has 0 aliphatic carbocycles. The summed E-state index contributed by atoms with van der Waals surface area (Å²) in [7, 11) is 0. The first-order chi connectivity index (χ1) is 12.1. The molecule has 1 aliphatic rings. The SMILES string of the molecule is C[C@H]1CCCCN1CCCCNC(=O)c1cccc(OCC(N)=O)c1. The smallest absolute Gasteiger partial charge is 0.255 e. The van der Waals surface area contributed by atoms with Crippen LogP contribution in [0.1, 0.15) is 49.4 Å². The van der Waals surface area contributed by atoms with Crippen molar-refractivity contribution in [3.63, 3.8) is 0 Å². The summed E-state index contributed by atoms with van der Waals surface area (Å²) < 4.78 is 5.22. The van der Waals surface area contributed by atoms with Crippen molar-refractivity contribution in [2.75, 3.05) is 26.2 Å². The third kappa shape index (κ3) is 6.74. The first-order valence-corrected chi connectivity index (χ1v) is 9.09. The lowest BCUT2D eigenvalue weighted by Gasteiger charge is -2.33. The first-order valence-electron chi connectivity index (χ1n) is 9.09. The van der Waals surface area contributed by atoms with Crippen LogP contribution in [0.15, 0.2) is 24.3 Å². The highest BCUT2D eigenvalue weighted by molar-refractivity contribution is 5.94. The number of nitrogens with zero attached hydrogens (tertiary/aromatic N) is 1.